The van der Waals surface area contributed by atoms with Crippen molar-refractivity contribution in [3.05, 3.63) is 29.3 Å². The molecule has 2 aliphatic heterocycles. The molecule has 3 aliphatic rings. The molecule has 1 saturated carbocycles. The summed E-state index contributed by atoms with van der Waals surface area (Å²) in [5, 5.41) is 12.8. The number of carboxylic acids is 1. The van der Waals surface area contributed by atoms with E-state index in [0.29, 0.717) is 5.56 Å². The summed E-state index contributed by atoms with van der Waals surface area (Å²) >= 11 is 0. The van der Waals surface area contributed by atoms with E-state index >= 15 is 0 Å². The van der Waals surface area contributed by atoms with Crippen LogP contribution in [0.5, 0.6) is 0 Å². The summed E-state index contributed by atoms with van der Waals surface area (Å²) in [4.78, 5) is 36.0. The number of aliphatic carboxylic acids is 1. The van der Waals surface area contributed by atoms with Gasteiger partial charge < -0.3 is 20.6 Å². The van der Waals surface area contributed by atoms with E-state index in [2.05, 4.69) is 15.5 Å². The lowest BCUT2D eigenvalue weighted by Crippen LogP contribution is -2.47. The predicted octanol–water partition coefficient (Wildman–Crippen LogP) is 2.38. The maximum atomic E-state index is 12.7. The summed E-state index contributed by atoms with van der Waals surface area (Å²) < 4.78 is 31.7. The number of halogens is 3. The first-order chi connectivity index (χ1) is 14.1. The molecule has 0 unspecified atom stereocenters. The molecule has 1 aromatic carbocycles. The van der Waals surface area contributed by atoms with Crippen molar-refractivity contribution < 1.29 is 32.7 Å². The van der Waals surface area contributed by atoms with Gasteiger partial charge in [-0.05, 0) is 68.5 Å². The minimum atomic E-state index is -5.08. The van der Waals surface area contributed by atoms with Crippen molar-refractivity contribution >= 4 is 23.5 Å². The molecular formula is C20H24F3N3O4. The number of carboxylic acid groups (broad SMARTS) is 1. The third kappa shape index (κ3) is 4.58. The van der Waals surface area contributed by atoms with Crippen LogP contribution in [0.15, 0.2) is 18.2 Å². The van der Waals surface area contributed by atoms with Crippen LogP contribution < -0.4 is 10.6 Å². The van der Waals surface area contributed by atoms with Crippen LogP contribution in [0.4, 0.5) is 18.9 Å². The van der Waals surface area contributed by atoms with Gasteiger partial charge in [0.2, 0.25) is 5.91 Å². The van der Waals surface area contributed by atoms with Gasteiger partial charge in [-0.3, -0.25) is 9.59 Å². The molecule has 1 spiro atoms. The van der Waals surface area contributed by atoms with Gasteiger partial charge in [0, 0.05) is 24.8 Å². The first-order valence-corrected chi connectivity index (χ1v) is 9.77. The Labute approximate surface area is 171 Å². The third-order valence-electron chi connectivity index (χ3n) is 5.87. The fraction of sp³-hybridized carbons (Fsp3) is 0.550. The Morgan fingerprint density at radius 1 is 1.27 bits per heavy atom. The fourth-order valence-electron chi connectivity index (χ4n) is 3.98. The minimum Gasteiger partial charge on any atom is -0.475 e. The normalized spacial score (nSPS) is 20.1. The second-order valence-corrected chi connectivity index (χ2v) is 7.92. The number of nitrogens with zero attached hydrogens (tertiary/aromatic N) is 1. The highest BCUT2D eigenvalue weighted by Crippen LogP contribution is 2.45. The lowest BCUT2D eigenvalue weighted by Gasteiger charge is -2.38. The number of alkyl halides is 3. The van der Waals surface area contributed by atoms with Gasteiger partial charge in [0.15, 0.2) is 0 Å². The Morgan fingerprint density at radius 3 is 2.37 bits per heavy atom. The standard InChI is InChI=1S/C18H23N3O2.C2HF3O2/c1-19-16(22)13-4-5-15-14(10-13)18(17(23)20-15)6-8-21(9-7-18)11-12-2-3-12;3-2(4,5)1(6)7/h4-5,10,12H,2-3,6-9,11H2,1H3,(H,19,22)(H,20,23);(H,6,7). The highest BCUT2D eigenvalue weighted by Gasteiger charge is 2.48. The van der Waals surface area contributed by atoms with Gasteiger partial charge in [-0.15, -0.1) is 0 Å². The van der Waals surface area contributed by atoms with E-state index in [4.69, 9.17) is 9.90 Å². The Balaban J connectivity index is 0.000000318. The van der Waals surface area contributed by atoms with Gasteiger partial charge in [-0.25, -0.2) is 4.79 Å². The van der Waals surface area contributed by atoms with Gasteiger partial charge in [0.1, 0.15) is 0 Å². The van der Waals surface area contributed by atoms with E-state index in [1.807, 2.05) is 12.1 Å². The number of piperidine rings is 1. The van der Waals surface area contributed by atoms with Gasteiger partial charge >= 0.3 is 12.1 Å². The van der Waals surface area contributed by atoms with Crippen LogP contribution in [0.1, 0.15) is 41.6 Å². The molecule has 7 nitrogen and oxygen atoms in total. The monoisotopic (exact) mass is 427 g/mol. The number of benzene rings is 1. The van der Waals surface area contributed by atoms with E-state index in [0.717, 1.165) is 43.1 Å². The fourth-order valence-corrected chi connectivity index (χ4v) is 3.98. The average Bonchev–Trinajstić information content (AvgIpc) is 3.47. The number of hydrogen-bond acceptors (Lipinski definition) is 4. The number of carbonyl (C=O) groups excluding carboxylic acids is 2. The Morgan fingerprint density at radius 2 is 1.87 bits per heavy atom. The van der Waals surface area contributed by atoms with Gasteiger partial charge in [0.05, 0.1) is 5.41 Å². The molecule has 0 aromatic heterocycles. The lowest BCUT2D eigenvalue weighted by atomic mass is 9.73. The second kappa shape index (κ2) is 8.25. The van der Waals surface area contributed by atoms with E-state index in [1.165, 1.54) is 19.4 Å². The third-order valence-corrected chi connectivity index (χ3v) is 5.87. The zero-order chi connectivity index (χ0) is 22.1. The molecule has 0 radical (unpaired) electrons. The van der Waals surface area contributed by atoms with Gasteiger partial charge in [0.25, 0.3) is 5.91 Å². The smallest absolute Gasteiger partial charge is 0.475 e. The molecule has 0 atom stereocenters. The first kappa shape index (κ1) is 22.1. The zero-order valence-electron chi connectivity index (χ0n) is 16.5. The molecule has 4 rings (SSSR count). The molecule has 164 valence electrons. The molecule has 2 amide bonds. The largest absolute Gasteiger partial charge is 0.490 e. The van der Waals surface area contributed by atoms with Crippen molar-refractivity contribution in [1.29, 1.82) is 0 Å². The summed E-state index contributed by atoms with van der Waals surface area (Å²) in [6.07, 6.45) is -0.674. The zero-order valence-corrected chi connectivity index (χ0v) is 16.5. The van der Waals surface area contributed by atoms with E-state index in [9.17, 15) is 22.8 Å². The number of fused-ring (bicyclic) bond motifs is 2. The van der Waals surface area contributed by atoms with Crippen molar-refractivity contribution in [3.63, 3.8) is 0 Å². The second-order valence-electron chi connectivity index (χ2n) is 7.92. The van der Waals surface area contributed by atoms with Crippen LogP contribution in [0.3, 0.4) is 0 Å². The summed E-state index contributed by atoms with van der Waals surface area (Å²) in [6.45, 7) is 3.12. The highest BCUT2D eigenvalue weighted by molar-refractivity contribution is 6.07. The summed E-state index contributed by atoms with van der Waals surface area (Å²) in [6, 6.07) is 5.55. The maximum Gasteiger partial charge on any atom is 0.490 e. The number of likely N-dealkylation sites (tertiary alicyclic amines) is 1. The summed E-state index contributed by atoms with van der Waals surface area (Å²) in [5.41, 5.74) is 2.06. The quantitative estimate of drug-likeness (QED) is 0.688. The van der Waals surface area contributed by atoms with Crippen molar-refractivity contribution in [1.82, 2.24) is 10.2 Å². The lowest BCUT2D eigenvalue weighted by molar-refractivity contribution is -0.192. The van der Waals surface area contributed by atoms with Gasteiger partial charge in [-0.2, -0.15) is 13.2 Å². The summed E-state index contributed by atoms with van der Waals surface area (Å²) in [7, 11) is 1.63. The summed E-state index contributed by atoms with van der Waals surface area (Å²) in [5.74, 6) is -1.87. The van der Waals surface area contributed by atoms with Crippen LogP contribution >= 0.6 is 0 Å². The number of hydrogen-bond donors (Lipinski definition) is 3. The van der Waals surface area contributed by atoms with Crippen molar-refractivity contribution in [2.75, 3.05) is 32.0 Å². The first-order valence-electron chi connectivity index (χ1n) is 9.77. The number of amides is 2. The molecule has 1 aromatic rings. The molecule has 0 bridgehead atoms. The van der Waals surface area contributed by atoms with Crippen LogP contribution in [0.2, 0.25) is 0 Å². The molecule has 2 heterocycles. The molecular weight excluding hydrogens is 403 g/mol. The van der Waals surface area contributed by atoms with Crippen LogP contribution in [0.25, 0.3) is 0 Å². The topological polar surface area (TPSA) is 98.7 Å². The van der Waals surface area contributed by atoms with Crippen molar-refractivity contribution in [2.24, 2.45) is 5.92 Å². The van der Waals surface area contributed by atoms with E-state index in [1.54, 1.807) is 13.1 Å². The highest BCUT2D eigenvalue weighted by atomic mass is 19.4. The van der Waals surface area contributed by atoms with E-state index in [-0.39, 0.29) is 11.8 Å². The average molecular weight is 427 g/mol. The molecule has 30 heavy (non-hydrogen) atoms. The Hall–Kier alpha value is -2.62. The van der Waals surface area contributed by atoms with Crippen LogP contribution in [-0.4, -0.2) is 60.6 Å². The Bertz CT molecular complexity index is 844. The molecule has 1 aliphatic carbocycles. The van der Waals surface area contributed by atoms with Crippen molar-refractivity contribution in [3.8, 4) is 0 Å². The van der Waals surface area contributed by atoms with Crippen molar-refractivity contribution in [2.45, 2.75) is 37.3 Å². The molecule has 1 saturated heterocycles. The van der Waals surface area contributed by atoms with E-state index < -0.39 is 17.6 Å². The SMILES string of the molecule is CNC(=O)c1ccc2c(c1)C1(CCN(CC3CC3)CC1)C(=O)N2.O=C(O)C(F)(F)F. The molecule has 3 N–H and O–H groups in total. The maximum absolute atomic E-state index is 12.7. The number of carbonyl (C=O) groups is 3. The number of nitrogens with one attached hydrogen (secondary N) is 2. The molecule has 10 heteroatoms. The van der Waals surface area contributed by atoms with Crippen LogP contribution in [-0.2, 0) is 15.0 Å². The Kier molecular flexibility index (Phi) is 6.07. The minimum absolute atomic E-state index is 0.103. The molecule has 2 fully saturated rings. The number of anilines is 1. The number of rotatable bonds is 3. The van der Waals surface area contributed by atoms with Crippen LogP contribution in [0, 0.1) is 5.92 Å². The van der Waals surface area contributed by atoms with Gasteiger partial charge in [-0.1, -0.05) is 0 Å². The predicted molar refractivity (Wildman–Crippen MR) is 102 cm³/mol.